The van der Waals surface area contributed by atoms with Gasteiger partial charge < -0.3 is 10.4 Å². The van der Waals surface area contributed by atoms with E-state index in [1.54, 1.807) is 23.1 Å². The molecule has 0 aliphatic rings. The summed E-state index contributed by atoms with van der Waals surface area (Å²) in [6, 6.07) is 1.63. The Bertz CT molecular complexity index is 586. The zero-order chi connectivity index (χ0) is 14.0. The molecule has 2 N–H and O–H groups in total. The molecule has 0 fully saturated rings. The minimum absolute atomic E-state index is 0.0420. The first kappa shape index (κ1) is 13.3. The molecule has 0 aliphatic carbocycles. The fourth-order valence-corrected chi connectivity index (χ4v) is 1.88. The number of aromatic nitrogens is 3. The highest BCUT2D eigenvalue weighted by Gasteiger charge is 2.27. The Kier molecular flexibility index (Phi) is 3.42. The minimum atomic E-state index is -0.826. The van der Waals surface area contributed by atoms with Gasteiger partial charge in [-0.1, -0.05) is 20.8 Å². The zero-order valence-corrected chi connectivity index (χ0v) is 11.3. The van der Waals surface area contributed by atoms with Crippen molar-refractivity contribution in [2.75, 3.05) is 5.32 Å². The fraction of sp³-hybridized carbons (Fsp3) is 0.462. The molecule has 2 aromatic rings. The number of fused-ring (bicyclic) bond motifs is 1. The Labute approximate surface area is 111 Å². The third-order valence-corrected chi connectivity index (χ3v) is 3.06. The Morgan fingerprint density at radius 2 is 2.21 bits per heavy atom. The number of rotatable bonds is 4. The second-order valence-electron chi connectivity index (χ2n) is 5.60. The summed E-state index contributed by atoms with van der Waals surface area (Å²) >= 11 is 0. The number of anilines is 1. The zero-order valence-electron chi connectivity index (χ0n) is 11.3. The van der Waals surface area contributed by atoms with E-state index in [0.717, 1.165) is 5.52 Å². The molecule has 0 aliphatic heterocycles. The number of nitrogens with zero attached hydrogens (tertiary/aromatic N) is 3. The third kappa shape index (κ3) is 3.01. The van der Waals surface area contributed by atoms with Gasteiger partial charge in [0.15, 0.2) is 5.82 Å². The van der Waals surface area contributed by atoms with Gasteiger partial charge in [0.25, 0.3) is 0 Å². The molecule has 0 spiro atoms. The third-order valence-electron chi connectivity index (χ3n) is 3.06. The van der Waals surface area contributed by atoms with E-state index in [0.29, 0.717) is 5.82 Å². The molecule has 0 saturated heterocycles. The van der Waals surface area contributed by atoms with Crippen LogP contribution in [0, 0.1) is 5.41 Å². The summed E-state index contributed by atoms with van der Waals surface area (Å²) in [7, 11) is 0. The molecule has 6 heteroatoms. The second-order valence-corrected chi connectivity index (χ2v) is 5.60. The lowest BCUT2D eigenvalue weighted by molar-refractivity contribution is -0.137. The largest absolute Gasteiger partial charge is 0.481 e. The molecule has 1 unspecified atom stereocenters. The maximum Gasteiger partial charge on any atom is 0.305 e. The van der Waals surface area contributed by atoms with E-state index in [2.05, 4.69) is 15.4 Å². The number of aliphatic carboxylic acids is 1. The normalized spacial score (nSPS) is 13.4. The van der Waals surface area contributed by atoms with Crippen LogP contribution in [0.5, 0.6) is 0 Å². The van der Waals surface area contributed by atoms with Crippen LogP contribution in [0.4, 0.5) is 5.82 Å². The van der Waals surface area contributed by atoms with E-state index in [-0.39, 0.29) is 17.9 Å². The van der Waals surface area contributed by atoms with Crippen molar-refractivity contribution in [2.45, 2.75) is 33.2 Å². The molecule has 2 heterocycles. The van der Waals surface area contributed by atoms with Gasteiger partial charge in [-0.05, 0) is 11.5 Å². The number of hydrogen-bond donors (Lipinski definition) is 2. The lowest BCUT2D eigenvalue weighted by Crippen LogP contribution is -2.36. The summed E-state index contributed by atoms with van der Waals surface area (Å²) in [4.78, 5) is 15.3. The van der Waals surface area contributed by atoms with Crippen LogP contribution >= 0.6 is 0 Å². The van der Waals surface area contributed by atoms with Crippen molar-refractivity contribution in [3.63, 3.8) is 0 Å². The number of nitrogens with one attached hydrogen (secondary N) is 1. The number of carboxylic acids is 1. The van der Waals surface area contributed by atoms with E-state index in [1.807, 2.05) is 26.8 Å². The van der Waals surface area contributed by atoms with E-state index in [4.69, 9.17) is 5.11 Å². The maximum absolute atomic E-state index is 11.0. The van der Waals surface area contributed by atoms with Crippen LogP contribution in [0.2, 0.25) is 0 Å². The van der Waals surface area contributed by atoms with Gasteiger partial charge in [0, 0.05) is 18.4 Å². The molecular formula is C13H18N4O2. The van der Waals surface area contributed by atoms with Crippen LogP contribution in [0.15, 0.2) is 24.7 Å². The molecule has 2 rings (SSSR count). The predicted molar refractivity (Wildman–Crippen MR) is 72.1 cm³/mol. The minimum Gasteiger partial charge on any atom is -0.481 e. The highest BCUT2D eigenvalue weighted by Crippen LogP contribution is 2.26. The fourth-order valence-electron chi connectivity index (χ4n) is 1.88. The van der Waals surface area contributed by atoms with Crippen molar-refractivity contribution in [3.05, 3.63) is 24.7 Å². The average molecular weight is 262 g/mol. The molecular weight excluding hydrogens is 244 g/mol. The number of carboxylic acid groups (broad SMARTS) is 1. The van der Waals surface area contributed by atoms with Crippen LogP contribution in [0.1, 0.15) is 27.2 Å². The molecule has 2 aromatic heterocycles. The molecule has 6 nitrogen and oxygen atoms in total. The van der Waals surface area contributed by atoms with Gasteiger partial charge in [-0.3, -0.25) is 4.79 Å². The van der Waals surface area contributed by atoms with Crippen molar-refractivity contribution < 1.29 is 9.90 Å². The highest BCUT2D eigenvalue weighted by atomic mass is 16.4. The van der Waals surface area contributed by atoms with Gasteiger partial charge in [-0.2, -0.15) is 5.10 Å². The van der Waals surface area contributed by atoms with Gasteiger partial charge in [-0.25, -0.2) is 9.50 Å². The molecule has 1 atom stereocenters. The molecule has 0 amide bonds. The first-order chi connectivity index (χ1) is 8.88. The van der Waals surface area contributed by atoms with Crippen LogP contribution in [-0.4, -0.2) is 31.7 Å². The topological polar surface area (TPSA) is 79.5 Å². The average Bonchev–Trinajstić information content (AvgIpc) is 2.75. The van der Waals surface area contributed by atoms with Crippen molar-refractivity contribution in [1.82, 2.24) is 14.6 Å². The van der Waals surface area contributed by atoms with Gasteiger partial charge in [0.2, 0.25) is 0 Å². The first-order valence-electron chi connectivity index (χ1n) is 6.14. The SMILES string of the molecule is CC(C)(C)C(CC(=O)O)Nc1nccn2nccc12. The summed E-state index contributed by atoms with van der Waals surface area (Å²) in [5.41, 5.74) is 0.648. The summed E-state index contributed by atoms with van der Waals surface area (Å²) in [5, 5.41) is 16.4. The lowest BCUT2D eigenvalue weighted by Gasteiger charge is -2.30. The van der Waals surface area contributed by atoms with Gasteiger partial charge in [-0.15, -0.1) is 0 Å². The summed E-state index contributed by atoms with van der Waals surface area (Å²) in [6.07, 6.45) is 5.12. The van der Waals surface area contributed by atoms with Gasteiger partial charge in [0.05, 0.1) is 12.6 Å². The van der Waals surface area contributed by atoms with E-state index < -0.39 is 5.97 Å². The van der Waals surface area contributed by atoms with Crippen LogP contribution in [0.3, 0.4) is 0 Å². The Morgan fingerprint density at radius 3 is 2.84 bits per heavy atom. The Balaban J connectivity index is 2.30. The van der Waals surface area contributed by atoms with Gasteiger partial charge in [0.1, 0.15) is 5.52 Å². The highest BCUT2D eigenvalue weighted by molar-refractivity contribution is 5.71. The maximum atomic E-state index is 11.0. The molecule has 0 bridgehead atoms. The second kappa shape index (κ2) is 4.87. The molecule has 102 valence electrons. The number of hydrogen-bond acceptors (Lipinski definition) is 4. The summed E-state index contributed by atoms with van der Waals surface area (Å²) < 4.78 is 1.70. The standard InChI is InChI=1S/C13H18N4O2/c1-13(2,3)10(8-11(18)19)16-12-9-4-5-15-17(9)7-6-14-12/h4-7,10H,8H2,1-3H3,(H,14,16)(H,18,19). The van der Waals surface area contributed by atoms with E-state index in [9.17, 15) is 4.79 Å². The quantitative estimate of drug-likeness (QED) is 0.881. The lowest BCUT2D eigenvalue weighted by atomic mass is 9.85. The number of carbonyl (C=O) groups is 1. The van der Waals surface area contributed by atoms with E-state index in [1.165, 1.54) is 0 Å². The van der Waals surface area contributed by atoms with Crippen molar-refractivity contribution in [3.8, 4) is 0 Å². The smallest absolute Gasteiger partial charge is 0.305 e. The Hall–Kier alpha value is -2.11. The van der Waals surface area contributed by atoms with Crippen molar-refractivity contribution in [2.24, 2.45) is 5.41 Å². The van der Waals surface area contributed by atoms with Crippen LogP contribution in [-0.2, 0) is 4.79 Å². The predicted octanol–water partition coefficient (Wildman–Crippen LogP) is 2.03. The monoisotopic (exact) mass is 262 g/mol. The summed E-state index contributed by atoms with van der Waals surface area (Å²) in [5.74, 6) is -0.172. The van der Waals surface area contributed by atoms with Crippen LogP contribution in [0.25, 0.3) is 5.52 Å². The van der Waals surface area contributed by atoms with Gasteiger partial charge >= 0.3 is 5.97 Å². The van der Waals surface area contributed by atoms with E-state index >= 15 is 0 Å². The molecule has 0 aromatic carbocycles. The molecule has 0 radical (unpaired) electrons. The van der Waals surface area contributed by atoms with Crippen molar-refractivity contribution >= 4 is 17.3 Å². The van der Waals surface area contributed by atoms with Crippen molar-refractivity contribution in [1.29, 1.82) is 0 Å². The first-order valence-corrected chi connectivity index (χ1v) is 6.14. The van der Waals surface area contributed by atoms with Crippen LogP contribution < -0.4 is 5.32 Å². The summed E-state index contributed by atoms with van der Waals surface area (Å²) in [6.45, 7) is 6.01. The Morgan fingerprint density at radius 1 is 1.47 bits per heavy atom. The molecule has 0 saturated carbocycles. The molecule has 19 heavy (non-hydrogen) atoms.